The van der Waals surface area contributed by atoms with Crippen LogP contribution in [0, 0.1) is 0 Å². The van der Waals surface area contributed by atoms with E-state index in [1.807, 2.05) is 13.0 Å². The Labute approximate surface area is 111 Å². The van der Waals surface area contributed by atoms with E-state index in [4.69, 9.17) is 0 Å². The van der Waals surface area contributed by atoms with Crippen LogP contribution >= 0.6 is 11.3 Å². The van der Waals surface area contributed by atoms with Gasteiger partial charge in [0.2, 0.25) is 0 Å². The third-order valence-corrected chi connectivity index (χ3v) is 4.20. The van der Waals surface area contributed by atoms with Gasteiger partial charge < -0.3 is 10.0 Å². The number of hydrogen-bond donors (Lipinski definition) is 1. The number of rotatable bonds is 5. The van der Waals surface area contributed by atoms with Crippen molar-refractivity contribution in [2.45, 2.75) is 39.7 Å². The van der Waals surface area contributed by atoms with Gasteiger partial charge in [0.05, 0.1) is 4.88 Å². The van der Waals surface area contributed by atoms with Crippen LogP contribution in [-0.4, -0.2) is 34.0 Å². The molecule has 1 aromatic heterocycles. The topological polar surface area (TPSA) is 57.6 Å². The molecule has 0 fully saturated rings. The van der Waals surface area contributed by atoms with Crippen molar-refractivity contribution in [3.8, 4) is 0 Å². The molecule has 5 heteroatoms. The van der Waals surface area contributed by atoms with Gasteiger partial charge in [-0.05, 0) is 39.3 Å². The molecule has 1 aromatic rings. The van der Waals surface area contributed by atoms with Gasteiger partial charge in [-0.1, -0.05) is 6.92 Å². The molecule has 0 saturated heterocycles. The highest BCUT2D eigenvalue weighted by molar-refractivity contribution is 7.14. The number of carbonyl (C=O) groups is 2. The van der Waals surface area contributed by atoms with E-state index in [9.17, 15) is 14.7 Å². The van der Waals surface area contributed by atoms with E-state index in [2.05, 4.69) is 0 Å². The maximum atomic E-state index is 12.3. The highest BCUT2D eigenvalue weighted by atomic mass is 32.1. The van der Waals surface area contributed by atoms with Crippen LogP contribution in [-0.2, 0) is 11.2 Å². The predicted octanol–water partition coefficient (Wildman–Crippen LogP) is 2.64. The first-order valence-corrected chi connectivity index (χ1v) is 6.80. The lowest BCUT2D eigenvalue weighted by Gasteiger charge is -2.33. The van der Waals surface area contributed by atoms with Crippen molar-refractivity contribution in [2.75, 3.05) is 6.54 Å². The largest absolute Gasteiger partial charge is 0.480 e. The zero-order valence-electron chi connectivity index (χ0n) is 11.2. The normalized spacial score (nSPS) is 11.3. The Morgan fingerprint density at radius 3 is 2.33 bits per heavy atom. The van der Waals surface area contributed by atoms with Crippen LogP contribution in [0.5, 0.6) is 0 Å². The van der Waals surface area contributed by atoms with E-state index in [1.54, 1.807) is 26.8 Å². The summed E-state index contributed by atoms with van der Waals surface area (Å²) in [5.74, 6) is -1.21. The average molecular weight is 269 g/mol. The van der Waals surface area contributed by atoms with Crippen LogP contribution in [0.4, 0.5) is 0 Å². The van der Waals surface area contributed by atoms with Crippen molar-refractivity contribution in [1.29, 1.82) is 0 Å². The molecule has 0 aliphatic carbocycles. The molecule has 18 heavy (non-hydrogen) atoms. The Kier molecular flexibility index (Phi) is 4.51. The summed E-state index contributed by atoms with van der Waals surface area (Å²) >= 11 is 1.43. The molecule has 0 saturated carbocycles. The molecule has 0 radical (unpaired) electrons. The number of aryl methyl sites for hydroxylation is 1. The molecule has 1 N–H and O–H groups in total. The molecule has 100 valence electrons. The van der Waals surface area contributed by atoms with E-state index >= 15 is 0 Å². The summed E-state index contributed by atoms with van der Waals surface area (Å²) in [6.07, 6.45) is 0.881. The number of carbonyl (C=O) groups excluding carboxylic acids is 1. The molecule has 0 aliphatic rings. The Bertz CT molecular complexity index is 451. The number of carboxylic acids is 1. The summed E-state index contributed by atoms with van der Waals surface area (Å²) in [5, 5.41) is 9.20. The van der Waals surface area contributed by atoms with E-state index in [0.717, 1.165) is 11.3 Å². The highest BCUT2D eigenvalue weighted by Gasteiger charge is 2.37. The van der Waals surface area contributed by atoms with E-state index in [-0.39, 0.29) is 5.91 Å². The molecular weight excluding hydrogens is 250 g/mol. The molecule has 1 amide bonds. The van der Waals surface area contributed by atoms with Gasteiger partial charge in [0.15, 0.2) is 0 Å². The van der Waals surface area contributed by atoms with Crippen molar-refractivity contribution in [1.82, 2.24) is 4.90 Å². The standard InChI is InChI=1S/C13H19NO3S/c1-5-9-7-8-10(18-9)11(15)14(6-2)13(3,4)12(16)17/h7-8H,5-6H2,1-4H3,(H,16,17). The number of likely N-dealkylation sites (N-methyl/N-ethyl adjacent to an activating group) is 1. The second-order valence-electron chi connectivity index (χ2n) is 4.53. The molecule has 4 nitrogen and oxygen atoms in total. The molecule has 0 spiro atoms. The zero-order valence-corrected chi connectivity index (χ0v) is 12.0. The molecule has 1 heterocycles. The SMILES string of the molecule is CCc1ccc(C(=O)N(CC)C(C)(C)C(=O)O)s1. The second kappa shape index (κ2) is 5.52. The molecule has 0 unspecified atom stereocenters. The van der Waals surface area contributed by atoms with Gasteiger partial charge in [0, 0.05) is 11.4 Å². The van der Waals surface area contributed by atoms with Crippen LogP contribution < -0.4 is 0 Å². The summed E-state index contributed by atoms with van der Waals surface area (Å²) in [4.78, 5) is 26.7. The van der Waals surface area contributed by atoms with E-state index < -0.39 is 11.5 Å². The van der Waals surface area contributed by atoms with Gasteiger partial charge in [-0.25, -0.2) is 4.79 Å². The summed E-state index contributed by atoms with van der Waals surface area (Å²) in [6.45, 7) is 7.28. The zero-order chi connectivity index (χ0) is 13.9. The van der Waals surface area contributed by atoms with Gasteiger partial charge in [0.25, 0.3) is 5.91 Å². The minimum absolute atomic E-state index is 0.213. The van der Waals surface area contributed by atoms with Crippen LogP contribution in [0.25, 0.3) is 0 Å². The fourth-order valence-corrected chi connectivity index (χ4v) is 2.62. The van der Waals surface area contributed by atoms with Crippen LogP contribution in [0.15, 0.2) is 12.1 Å². The minimum atomic E-state index is -1.19. The monoisotopic (exact) mass is 269 g/mol. The summed E-state index contributed by atoms with van der Waals surface area (Å²) in [6, 6.07) is 3.69. The highest BCUT2D eigenvalue weighted by Crippen LogP contribution is 2.23. The predicted molar refractivity (Wildman–Crippen MR) is 72.1 cm³/mol. The molecule has 1 rings (SSSR count). The number of aliphatic carboxylic acids is 1. The second-order valence-corrected chi connectivity index (χ2v) is 5.70. The molecular formula is C13H19NO3S. The van der Waals surface area contributed by atoms with Crippen molar-refractivity contribution < 1.29 is 14.7 Å². The maximum Gasteiger partial charge on any atom is 0.329 e. The first-order valence-electron chi connectivity index (χ1n) is 5.98. The lowest BCUT2D eigenvalue weighted by molar-refractivity contribution is -0.147. The lowest BCUT2D eigenvalue weighted by Crippen LogP contribution is -2.52. The van der Waals surface area contributed by atoms with Crippen molar-refractivity contribution in [3.63, 3.8) is 0 Å². The summed E-state index contributed by atoms with van der Waals surface area (Å²) < 4.78 is 0. The Hall–Kier alpha value is -1.36. The van der Waals surface area contributed by atoms with Gasteiger partial charge in [-0.15, -0.1) is 11.3 Å². The Balaban J connectivity index is 3.02. The van der Waals surface area contributed by atoms with Crippen molar-refractivity contribution in [3.05, 3.63) is 21.9 Å². The number of carboxylic acid groups (broad SMARTS) is 1. The minimum Gasteiger partial charge on any atom is -0.480 e. The molecule has 0 bridgehead atoms. The molecule has 0 aliphatic heterocycles. The number of thiophene rings is 1. The van der Waals surface area contributed by atoms with E-state index in [0.29, 0.717) is 11.4 Å². The number of amides is 1. The van der Waals surface area contributed by atoms with E-state index in [1.165, 1.54) is 16.2 Å². The average Bonchev–Trinajstić information content (AvgIpc) is 2.77. The van der Waals surface area contributed by atoms with Crippen molar-refractivity contribution >= 4 is 23.2 Å². The molecule has 0 aromatic carbocycles. The molecule has 0 atom stereocenters. The first-order chi connectivity index (χ1) is 8.34. The third kappa shape index (κ3) is 2.72. The van der Waals surface area contributed by atoms with Crippen LogP contribution in [0.1, 0.15) is 42.2 Å². The fraction of sp³-hybridized carbons (Fsp3) is 0.538. The number of nitrogens with zero attached hydrogens (tertiary/aromatic N) is 1. The Morgan fingerprint density at radius 1 is 1.33 bits per heavy atom. The Morgan fingerprint density at radius 2 is 1.94 bits per heavy atom. The quantitative estimate of drug-likeness (QED) is 0.894. The first kappa shape index (κ1) is 14.7. The lowest BCUT2D eigenvalue weighted by atomic mass is 10.0. The number of hydrogen-bond acceptors (Lipinski definition) is 3. The van der Waals surface area contributed by atoms with Crippen molar-refractivity contribution in [2.24, 2.45) is 0 Å². The van der Waals surface area contributed by atoms with Gasteiger partial charge in [0.1, 0.15) is 5.54 Å². The fourth-order valence-electron chi connectivity index (χ4n) is 1.72. The van der Waals surface area contributed by atoms with Gasteiger partial charge in [-0.3, -0.25) is 4.79 Å². The maximum absolute atomic E-state index is 12.3. The van der Waals surface area contributed by atoms with Gasteiger partial charge in [-0.2, -0.15) is 0 Å². The summed E-state index contributed by atoms with van der Waals surface area (Å²) in [7, 11) is 0. The van der Waals surface area contributed by atoms with Crippen LogP contribution in [0.2, 0.25) is 0 Å². The van der Waals surface area contributed by atoms with Crippen LogP contribution in [0.3, 0.4) is 0 Å². The third-order valence-electron chi connectivity index (χ3n) is 2.98. The smallest absolute Gasteiger partial charge is 0.329 e. The van der Waals surface area contributed by atoms with Gasteiger partial charge >= 0.3 is 5.97 Å². The summed E-state index contributed by atoms with van der Waals surface area (Å²) in [5.41, 5.74) is -1.19.